The minimum Gasteiger partial charge on any atom is -0.376 e. The third-order valence-electron chi connectivity index (χ3n) is 7.06. The number of amides is 1. The lowest BCUT2D eigenvalue weighted by atomic mass is 9.89. The lowest BCUT2D eigenvalue weighted by Gasteiger charge is -2.43. The zero-order valence-corrected chi connectivity index (χ0v) is 19.2. The van der Waals surface area contributed by atoms with E-state index in [1.165, 1.54) is 25.7 Å². The quantitative estimate of drug-likeness (QED) is 0.556. The molecule has 8 nitrogen and oxygen atoms in total. The van der Waals surface area contributed by atoms with Gasteiger partial charge in [-0.3, -0.25) is 4.79 Å². The van der Waals surface area contributed by atoms with Crippen molar-refractivity contribution < 1.29 is 19.0 Å². The summed E-state index contributed by atoms with van der Waals surface area (Å²) < 4.78 is 19.5. The number of piperidine rings is 1. The Bertz CT molecular complexity index is 721. The maximum Gasteiger partial charge on any atom is 0.222 e. The molecule has 0 N–H and O–H groups in total. The first-order valence-electron chi connectivity index (χ1n) is 12.1. The average molecular weight is 435 g/mol. The van der Waals surface area contributed by atoms with E-state index in [1.807, 2.05) is 23.4 Å². The predicted molar refractivity (Wildman–Crippen MR) is 115 cm³/mol. The van der Waals surface area contributed by atoms with Gasteiger partial charge in [0.15, 0.2) is 0 Å². The Morgan fingerprint density at radius 3 is 2.74 bits per heavy atom. The van der Waals surface area contributed by atoms with E-state index in [1.54, 1.807) is 0 Å². The average Bonchev–Trinajstić information content (AvgIpc) is 3.42. The Morgan fingerprint density at radius 1 is 1.23 bits per heavy atom. The summed E-state index contributed by atoms with van der Waals surface area (Å²) in [5, 5.41) is 8.67. The van der Waals surface area contributed by atoms with Crippen LogP contribution in [0.5, 0.6) is 0 Å². The number of hydrogen-bond donors (Lipinski definition) is 0. The molecule has 31 heavy (non-hydrogen) atoms. The number of hydrogen-bond acceptors (Lipinski definition) is 6. The van der Waals surface area contributed by atoms with Gasteiger partial charge >= 0.3 is 0 Å². The van der Waals surface area contributed by atoms with Gasteiger partial charge in [0.25, 0.3) is 0 Å². The van der Waals surface area contributed by atoms with Crippen LogP contribution in [-0.2, 0) is 38.8 Å². The highest BCUT2D eigenvalue weighted by atomic mass is 16.5. The zero-order valence-electron chi connectivity index (χ0n) is 19.2. The smallest absolute Gasteiger partial charge is 0.222 e. The molecule has 1 saturated heterocycles. The summed E-state index contributed by atoms with van der Waals surface area (Å²) in [6.45, 7) is 8.34. The fourth-order valence-corrected chi connectivity index (χ4v) is 5.07. The summed E-state index contributed by atoms with van der Waals surface area (Å²) in [5.74, 6) is 1.09. The first-order chi connectivity index (χ1) is 15.0. The van der Waals surface area contributed by atoms with Crippen LogP contribution < -0.4 is 0 Å². The normalized spacial score (nSPS) is 21.2. The first-order valence-corrected chi connectivity index (χ1v) is 12.1. The lowest BCUT2D eigenvalue weighted by Crippen LogP contribution is -2.52. The van der Waals surface area contributed by atoms with Gasteiger partial charge < -0.3 is 19.1 Å². The zero-order chi connectivity index (χ0) is 21.7. The number of fused-ring (bicyclic) bond motifs is 1. The van der Waals surface area contributed by atoms with E-state index in [-0.39, 0.29) is 11.7 Å². The number of ether oxygens (including phenoxy) is 3. The minimum absolute atomic E-state index is 0.212. The summed E-state index contributed by atoms with van der Waals surface area (Å²) in [6, 6.07) is 0. The molecule has 3 heterocycles. The van der Waals surface area contributed by atoms with Crippen LogP contribution in [0.4, 0.5) is 0 Å². The van der Waals surface area contributed by atoms with E-state index in [0.717, 1.165) is 49.7 Å². The minimum atomic E-state index is -0.230. The molecule has 174 valence electrons. The van der Waals surface area contributed by atoms with Gasteiger partial charge in [-0.15, -0.1) is 5.10 Å². The van der Waals surface area contributed by atoms with Crippen molar-refractivity contribution in [2.24, 2.45) is 5.92 Å². The summed E-state index contributed by atoms with van der Waals surface area (Å²) in [6.07, 6.45) is 9.00. The third kappa shape index (κ3) is 5.84. The number of carbonyl (C=O) groups is 1. The Balaban J connectivity index is 1.22. The van der Waals surface area contributed by atoms with E-state index in [0.29, 0.717) is 45.3 Å². The first kappa shape index (κ1) is 22.7. The van der Waals surface area contributed by atoms with E-state index >= 15 is 0 Å². The largest absolute Gasteiger partial charge is 0.376 e. The molecule has 4 rings (SSSR count). The monoisotopic (exact) mass is 434 g/mol. The van der Waals surface area contributed by atoms with Crippen LogP contribution in [0.3, 0.4) is 0 Å². The molecule has 0 radical (unpaired) electrons. The Morgan fingerprint density at radius 2 is 2.00 bits per heavy atom. The number of rotatable bonds is 9. The van der Waals surface area contributed by atoms with E-state index in [4.69, 9.17) is 14.2 Å². The second kappa shape index (κ2) is 10.4. The van der Waals surface area contributed by atoms with Crippen LogP contribution in [0.25, 0.3) is 0 Å². The molecule has 1 saturated carbocycles. The predicted octanol–water partition coefficient (Wildman–Crippen LogP) is 3.08. The summed E-state index contributed by atoms with van der Waals surface area (Å²) in [5.41, 5.74) is 1.62. The van der Waals surface area contributed by atoms with Gasteiger partial charge in [-0.25, -0.2) is 4.68 Å². The fourth-order valence-electron chi connectivity index (χ4n) is 5.07. The molecule has 1 aromatic rings. The molecule has 0 bridgehead atoms. The summed E-state index contributed by atoms with van der Waals surface area (Å²) in [4.78, 5) is 14.7. The molecule has 2 fully saturated rings. The second-order valence-electron chi connectivity index (χ2n) is 9.65. The topological polar surface area (TPSA) is 78.7 Å². The molecule has 0 aromatic carbocycles. The van der Waals surface area contributed by atoms with Gasteiger partial charge in [-0.2, -0.15) is 0 Å². The summed E-state index contributed by atoms with van der Waals surface area (Å²) in [7, 11) is 0. The van der Waals surface area contributed by atoms with Gasteiger partial charge in [-0.1, -0.05) is 30.9 Å². The molecule has 1 aromatic heterocycles. The Kier molecular flexibility index (Phi) is 7.61. The molecular formula is C23H38N4O4. The maximum atomic E-state index is 12.6. The van der Waals surface area contributed by atoms with Crippen molar-refractivity contribution in [1.82, 2.24) is 19.9 Å². The van der Waals surface area contributed by atoms with Crippen LogP contribution in [0.15, 0.2) is 0 Å². The highest BCUT2D eigenvalue weighted by Crippen LogP contribution is 2.34. The van der Waals surface area contributed by atoms with Crippen LogP contribution >= 0.6 is 0 Å². The molecule has 1 amide bonds. The second-order valence-corrected chi connectivity index (χ2v) is 9.65. The molecule has 0 unspecified atom stereocenters. The Hall–Kier alpha value is -1.51. The molecular weight excluding hydrogens is 396 g/mol. The Labute approximate surface area is 185 Å². The molecule has 8 heteroatoms. The van der Waals surface area contributed by atoms with Crippen molar-refractivity contribution in [2.75, 3.05) is 26.3 Å². The maximum absolute atomic E-state index is 12.6. The highest BCUT2D eigenvalue weighted by Gasteiger charge is 2.41. The molecule has 0 atom stereocenters. The van der Waals surface area contributed by atoms with Crippen molar-refractivity contribution in [2.45, 2.75) is 96.7 Å². The lowest BCUT2D eigenvalue weighted by molar-refractivity contribution is -0.146. The molecule has 3 aliphatic rings. The van der Waals surface area contributed by atoms with Crippen molar-refractivity contribution in [1.29, 1.82) is 0 Å². The fraction of sp³-hybridized carbons (Fsp3) is 0.870. The number of carbonyl (C=O) groups excluding carboxylic acids is 1. The standard InChI is InChI=1S/C23H38N4O4/c1-18(2)30-14-13-29-15-20-21-16-31-23(17-27(21)25-24-20)9-11-26(12-10-23)22(28)8-7-19-5-3-4-6-19/h18-19H,3-17H2,1-2H3. The van der Waals surface area contributed by atoms with Gasteiger partial charge in [0, 0.05) is 19.5 Å². The van der Waals surface area contributed by atoms with Gasteiger partial charge in [0.2, 0.25) is 5.91 Å². The van der Waals surface area contributed by atoms with Crippen LogP contribution in [0.1, 0.15) is 76.6 Å². The van der Waals surface area contributed by atoms with E-state index in [2.05, 4.69) is 10.3 Å². The molecule has 1 aliphatic carbocycles. The summed E-state index contributed by atoms with van der Waals surface area (Å²) >= 11 is 0. The van der Waals surface area contributed by atoms with E-state index in [9.17, 15) is 4.79 Å². The highest BCUT2D eigenvalue weighted by molar-refractivity contribution is 5.76. The molecule has 2 aliphatic heterocycles. The van der Waals surface area contributed by atoms with Crippen LogP contribution in [-0.4, -0.2) is 63.8 Å². The number of nitrogens with zero attached hydrogens (tertiary/aromatic N) is 4. The van der Waals surface area contributed by atoms with Crippen LogP contribution in [0.2, 0.25) is 0 Å². The van der Waals surface area contributed by atoms with Crippen LogP contribution in [0, 0.1) is 5.92 Å². The van der Waals surface area contributed by atoms with Gasteiger partial charge in [0.05, 0.1) is 50.4 Å². The van der Waals surface area contributed by atoms with Crippen molar-refractivity contribution >= 4 is 5.91 Å². The SMILES string of the molecule is CC(C)OCCOCc1nnn2c1COC1(CCN(C(=O)CCC3CCCC3)CC1)C2. The third-order valence-corrected chi connectivity index (χ3v) is 7.06. The van der Waals surface area contributed by atoms with E-state index < -0.39 is 0 Å². The van der Waals surface area contributed by atoms with Crippen molar-refractivity contribution in [3.63, 3.8) is 0 Å². The van der Waals surface area contributed by atoms with Gasteiger partial charge in [-0.05, 0) is 39.0 Å². The van der Waals surface area contributed by atoms with Gasteiger partial charge in [0.1, 0.15) is 5.69 Å². The van der Waals surface area contributed by atoms with Crippen molar-refractivity contribution in [3.8, 4) is 0 Å². The molecule has 1 spiro atoms. The number of likely N-dealkylation sites (tertiary alicyclic amines) is 1. The van der Waals surface area contributed by atoms with Crippen molar-refractivity contribution in [3.05, 3.63) is 11.4 Å². The number of aromatic nitrogens is 3.